The topological polar surface area (TPSA) is 61.7 Å². The predicted octanol–water partition coefficient (Wildman–Crippen LogP) is 1.40. The van der Waals surface area contributed by atoms with Gasteiger partial charge >= 0.3 is 0 Å². The summed E-state index contributed by atoms with van der Waals surface area (Å²) < 4.78 is 5.18. The maximum absolute atomic E-state index is 10.1. The van der Waals surface area contributed by atoms with Crippen LogP contribution in [0.4, 0.5) is 0 Å². The van der Waals surface area contributed by atoms with Crippen LogP contribution in [0.15, 0.2) is 18.2 Å². The van der Waals surface area contributed by atoms with Gasteiger partial charge in [-0.1, -0.05) is 6.07 Å². The van der Waals surface area contributed by atoms with Crippen molar-refractivity contribution in [1.82, 2.24) is 5.32 Å². The van der Waals surface area contributed by atoms with Crippen LogP contribution in [0.2, 0.25) is 0 Å². The first-order valence-corrected chi connectivity index (χ1v) is 6.08. The van der Waals surface area contributed by atoms with Gasteiger partial charge in [0, 0.05) is 12.1 Å². The summed E-state index contributed by atoms with van der Waals surface area (Å²) in [5, 5.41) is 22.3. The number of ether oxygens (including phenoxy) is 1. The zero-order chi connectivity index (χ0) is 13.8. The van der Waals surface area contributed by atoms with Gasteiger partial charge in [0.05, 0.1) is 19.8 Å². The highest BCUT2D eigenvalue weighted by molar-refractivity contribution is 5.37. The van der Waals surface area contributed by atoms with Crippen LogP contribution in [0.3, 0.4) is 0 Å². The molecule has 0 fully saturated rings. The summed E-state index contributed by atoms with van der Waals surface area (Å²) in [7, 11) is 1.63. The maximum Gasteiger partial charge on any atom is 0.121 e. The van der Waals surface area contributed by atoms with E-state index in [1.165, 1.54) is 0 Å². The Kier molecular flexibility index (Phi) is 5.14. The molecule has 1 aromatic carbocycles. The van der Waals surface area contributed by atoms with Gasteiger partial charge in [-0.05, 0) is 44.0 Å². The number of aliphatic hydroxyl groups is 2. The molecule has 3 N–H and O–H groups in total. The lowest BCUT2D eigenvalue weighted by molar-refractivity contribution is 0.136. The molecule has 18 heavy (non-hydrogen) atoms. The molecule has 0 amide bonds. The second kappa shape index (κ2) is 6.18. The molecular formula is C14H23NO3. The zero-order valence-electron chi connectivity index (χ0n) is 11.5. The number of aliphatic hydroxyl groups excluding tert-OH is 2. The third-order valence-electron chi connectivity index (χ3n) is 2.97. The van der Waals surface area contributed by atoms with E-state index >= 15 is 0 Å². The van der Waals surface area contributed by atoms with Crippen LogP contribution in [-0.4, -0.2) is 36.0 Å². The van der Waals surface area contributed by atoms with Crippen LogP contribution in [-0.2, 0) is 0 Å². The van der Waals surface area contributed by atoms with Gasteiger partial charge in [-0.2, -0.15) is 0 Å². The van der Waals surface area contributed by atoms with Crippen molar-refractivity contribution in [2.75, 3.05) is 20.3 Å². The Labute approximate surface area is 109 Å². The Morgan fingerprint density at radius 3 is 2.56 bits per heavy atom. The van der Waals surface area contributed by atoms with E-state index in [1.54, 1.807) is 7.11 Å². The number of hydrogen-bond acceptors (Lipinski definition) is 4. The summed E-state index contributed by atoms with van der Waals surface area (Å²) in [4.78, 5) is 0. The molecule has 0 aromatic heterocycles. The number of benzene rings is 1. The second-order valence-electron chi connectivity index (χ2n) is 5.17. The number of methoxy groups -OCH3 is 1. The molecule has 1 aromatic rings. The summed E-state index contributed by atoms with van der Waals surface area (Å²) >= 11 is 0. The number of nitrogens with one attached hydrogen (secondary N) is 1. The number of aryl methyl sites for hydroxylation is 1. The largest absolute Gasteiger partial charge is 0.496 e. The van der Waals surface area contributed by atoms with E-state index in [4.69, 9.17) is 9.84 Å². The van der Waals surface area contributed by atoms with E-state index < -0.39 is 6.10 Å². The Balaban J connectivity index is 2.67. The number of rotatable bonds is 6. The summed E-state index contributed by atoms with van der Waals surface area (Å²) in [5.41, 5.74) is 1.45. The summed E-state index contributed by atoms with van der Waals surface area (Å²) in [6.45, 7) is 6.15. The van der Waals surface area contributed by atoms with Crippen LogP contribution >= 0.6 is 0 Å². The minimum Gasteiger partial charge on any atom is -0.496 e. The predicted molar refractivity (Wildman–Crippen MR) is 71.9 cm³/mol. The first kappa shape index (κ1) is 15.0. The molecule has 0 radical (unpaired) electrons. The van der Waals surface area contributed by atoms with Gasteiger partial charge in [-0.25, -0.2) is 0 Å². The van der Waals surface area contributed by atoms with Crippen molar-refractivity contribution in [2.24, 2.45) is 0 Å². The SMILES string of the molecule is COc1ccc(C(O)CNC(C)(C)CO)cc1C. The Bertz CT molecular complexity index is 391. The molecule has 1 unspecified atom stereocenters. The van der Waals surface area contributed by atoms with Gasteiger partial charge < -0.3 is 20.3 Å². The van der Waals surface area contributed by atoms with Crippen LogP contribution < -0.4 is 10.1 Å². The van der Waals surface area contributed by atoms with Crippen LogP contribution in [0.25, 0.3) is 0 Å². The molecular weight excluding hydrogens is 230 g/mol. The lowest BCUT2D eigenvalue weighted by Gasteiger charge is -2.25. The molecule has 4 nitrogen and oxygen atoms in total. The smallest absolute Gasteiger partial charge is 0.121 e. The molecule has 0 spiro atoms. The van der Waals surface area contributed by atoms with Gasteiger partial charge in [0.15, 0.2) is 0 Å². The summed E-state index contributed by atoms with van der Waals surface area (Å²) in [6, 6.07) is 5.62. The van der Waals surface area contributed by atoms with Crippen molar-refractivity contribution in [2.45, 2.75) is 32.4 Å². The third-order valence-corrected chi connectivity index (χ3v) is 2.97. The molecule has 0 aliphatic heterocycles. The quantitative estimate of drug-likeness (QED) is 0.717. The fourth-order valence-electron chi connectivity index (χ4n) is 1.66. The van der Waals surface area contributed by atoms with E-state index in [-0.39, 0.29) is 12.1 Å². The molecule has 0 aliphatic carbocycles. The van der Waals surface area contributed by atoms with E-state index in [2.05, 4.69) is 5.32 Å². The second-order valence-corrected chi connectivity index (χ2v) is 5.17. The standard InChI is InChI=1S/C14H23NO3/c1-10-7-11(5-6-13(10)18-4)12(17)8-15-14(2,3)9-16/h5-7,12,15-17H,8-9H2,1-4H3. The van der Waals surface area contributed by atoms with Gasteiger partial charge in [0.25, 0.3) is 0 Å². The Morgan fingerprint density at radius 1 is 1.39 bits per heavy atom. The molecule has 0 saturated carbocycles. The molecule has 0 heterocycles. The average molecular weight is 253 g/mol. The molecule has 1 atom stereocenters. The van der Waals surface area contributed by atoms with Crippen LogP contribution in [0.5, 0.6) is 5.75 Å². The Morgan fingerprint density at radius 2 is 2.06 bits per heavy atom. The molecule has 0 aliphatic rings. The molecule has 4 heteroatoms. The van der Waals surface area contributed by atoms with Crippen molar-refractivity contribution >= 4 is 0 Å². The fraction of sp³-hybridized carbons (Fsp3) is 0.571. The lowest BCUT2D eigenvalue weighted by Crippen LogP contribution is -2.44. The molecule has 1 rings (SSSR count). The van der Waals surface area contributed by atoms with Gasteiger partial charge in [0.1, 0.15) is 5.75 Å². The zero-order valence-corrected chi connectivity index (χ0v) is 11.5. The van der Waals surface area contributed by atoms with E-state index in [0.717, 1.165) is 16.9 Å². The first-order chi connectivity index (χ1) is 8.39. The van der Waals surface area contributed by atoms with Gasteiger partial charge in [0.2, 0.25) is 0 Å². The lowest BCUT2D eigenvalue weighted by atomic mass is 10.0. The van der Waals surface area contributed by atoms with Crippen LogP contribution in [0, 0.1) is 6.92 Å². The van der Waals surface area contributed by atoms with Crippen molar-refractivity contribution in [3.63, 3.8) is 0 Å². The van der Waals surface area contributed by atoms with Gasteiger partial charge in [-0.15, -0.1) is 0 Å². The van der Waals surface area contributed by atoms with Crippen LogP contribution in [0.1, 0.15) is 31.1 Å². The van der Waals surface area contributed by atoms with Gasteiger partial charge in [-0.3, -0.25) is 0 Å². The third kappa shape index (κ3) is 3.98. The van der Waals surface area contributed by atoms with Crippen molar-refractivity contribution in [3.8, 4) is 5.75 Å². The Hall–Kier alpha value is -1.10. The summed E-state index contributed by atoms with van der Waals surface area (Å²) in [6.07, 6.45) is -0.597. The monoisotopic (exact) mass is 253 g/mol. The van der Waals surface area contributed by atoms with E-state index in [0.29, 0.717) is 6.54 Å². The van der Waals surface area contributed by atoms with E-state index in [1.807, 2.05) is 39.0 Å². The van der Waals surface area contributed by atoms with Crippen molar-refractivity contribution in [3.05, 3.63) is 29.3 Å². The summed E-state index contributed by atoms with van der Waals surface area (Å²) in [5.74, 6) is 0.814. The molecule has 0 saturated heterocycles. The number of hydrogen-bond donors (Lipinski definition) is 3. The minimum atomic E-state index is -0.597. The molecule has 102 valence electrons. The minimum absolute atomic E-state index is 0.0291. The molecule has 0 bridgehead atoms. The number of β-amino-alcohol motifs (C(OH)–C–C–N with tert-alkyl or cyclic N) is 1. The van der Waals surface area contributed by atoms with Crippen molar-refractivity contribution < 1.29 is 14.9 Å². The fourth-order valence-corrected chi connectivity index (χ4v) is 1.66. The van der Waals surface area contributed by atoms with Crippen molar-refractivity contribution in [1.29, 1.82) is 0 Å². The van der Waals surface area contributed by atoms with E-state index in [9.17, 15) is 5.11 Å². The maximum atomic E-state index is 10.1. The normalized spacial score (nSPS) is 13.4. The first-order valence-electron chi connectivity index (χ1n) is 6.08. The highest BCUT2D eigenvalue weighted by Gasteiger charge is 2.18. The average Bonchev–Trinajstić information content (AvgIpc) is 2.36. The highest BCUT2D eigenvalue weighted by Crippen LogP contribution is 2.22. The highest BCUT2D eigenvalue weighted by atomic mass is 16.5.